The number of ether oxygens (including phenoxy) is 1. The number of azide groups is 1. The molecule has 1 rings (SSSR count). The van der Waals surface area contributed by atoms with Gasteiger partial charge in [0.25, 0.3) is 0 Å². The molecule has 0 aliphatic carbocycles. The van der Waals surface area contributed by atoms with E-state index in [1.54, 1.807) is 0 Å². The molecule has 1 fully saturated rings. The molecule has 0 aromatic carbocycles. The first-order valence-electron chi connectivity index (χ1n) is 3.97. The minimum Gasteiger partial charge on any atom is -0.479 e. The number of carbonyl (C=O) groups is 1. The maximum atomic E-state index is 10.7. The third-order valence-corrected chi connectivity index (χ3v) is 2.17. The van der Waals surface area contributed by atoms with Crippen molar-refractivity contribution in [2.24, 2.45) is 11.0 Å². The molecular formula is C7H11N3O3. The first-order valence-corrected chi connectivity index (χ1v) is 3.97. The minimum absolute atomic E-state index is 0.0250. The highest BCUT2D eigenvalue weighted by Crippen LogP contribution is 2.30. The summed E-state index contributed by atoms with van der Waals surface area (Å²) in [6.45, 7) is 2.19. The lowest BCUT2D eigenvalue weighted by molar-refractivity contribution is -0.157. The highest BCUT2D eigenvalue weighted by molar-refractivity contribution is 5.77. The van der Waals surface area contributed by atoms with E-state index >= 15 is 0 Å². The fraction of sp³-hybridized carbons (Fsp3) is 0.857. The van der Waals surface area contributed by atoms with Gasteiger partial charge >= 0.3 is 5.97 Å². The molecule has 6 nitrogen and oxygen atoms in total. The Morgan fingerprint density at radius 3 is 3.08 bits per heavy atom. The van der Waals surface area contributed by atoms with Crippen molar-refractivity contribution < 1.29 is 14.6 Å². The summed E-state index contributed by atoms with van der Waals surface area (Å²) < 4.78 is 5.13. The average Bonchev–Trinajstić information content (AvgIpc) is 2.45. The van der Waals surface area contributed by atoms with Gasteiger partial charge in [0.15, 0.2) is 5.60 Å². The molecule has 0 saturated carbocycles. The molecule has 0 aromatic heterocycles. The molecule has 2 atom stereocenters. The molecule has 1 aliphatic rings. The van der Waals surface area contributed by atoms with Gasteiger partial charge in [0.05, 0.1) is 6.61 Å². The zero-order chi connectivity index (χ0) is 9.90. The zero-order valence-corrected chi connectivity index (χ0v) is 7.30. The van der Waals surface area contributed by atoms with Crippen LogP contribution in [-0.2, 0) is 9.53 Å². The molecule has 13 heavy (non-hydrogen) atoms. The van der Waals surface area contributed by atoms with E-state index in [0.717, 1.165) is 0 Å². The largest absolute Gasteiger partial charge is 0.479 e. The number of nitrogens with zero attached hydrogens (tertiary/aromatic N) is 3. The van der Waals surface area contributed by atoms with Gasteiger partial charge in [-0.2, -0.15) is 0 Å². The number of hydrogen-bond acceptors (Lipinski definition) is 3. The molecule has 0 spiro atoms. The summed E-state index contributed by atoms with van der Waals surface area (Å²) in [6.07, 6.45) is 0.404. The number of aliphatic carboxylic acids is 1. The predicted octanol–water partition coefficient (Wildman–Crippen LogP) is 1.18. The molecule has 6 heteroatoms. The number of carboxylic acids is 1. The first kappa shape index (κ1) is 9.83. The van der Waals surface area contributed by atoms with Crippen LogP contribution in [-0.4, -0.2) is 29.8 Å². The van der Waals surface area contributed by atoms with Gasteiger partial charge in [-0.15, -0.1) is 0 Å². The Morgan fingerprint density at radius 1 is 1.92 bits per heavy atom. The lowest BCUT2D eigenvalue weighted by Crippen LogP contribution is -2.34. The standard InChI is InChI=1S/C7H11N3O3/c1-7(6(11)12)2-5(4-13-7)3-9-10-8/h5H,2-4H2,1H3,(H,11,12). The van der Waals surface area contributed by atoms with Gasteiger partial charge < -0.3 is 9.84 Å². The predicted molar refractivity (Wildman–Crippen MR) is 44.1 cm³/mol. The summed E-state index contributed by atoms with van der Waals surface area (Å²) in [7, 11) is 0. The molecule has 0 amide bonds. The summed E-state index contributed by atoms with van der Waals surface area (Å²) in [5, 5.41) is 12.2. The fourth-order valence-electron chi connectivity index (χ4n) is 1.39. The molecule has 1 heterocycles. The van der Waals surface area contributed by atoms with Gasteiger partial charge in [-0.05, 0) is 24.8 Å². The van der Waals surface area contributed by atoms with E-state index in [-0.39, 0.29) is 5.92 Å². The molecule has 1 aliphatic heterocycles. The highest BCUT2D eigenvalue weighted by atomic mass is 16.5. The van der Waals surface area contributed by atoms with E-state index in [4.69, 9.17) is 15.4 Å². The van der Waals surface area contributed by atoms with E-state index in [0.29, 0.717) is 19.6 Å². The van der Waals surface area contributed by atoms with E-state index in [1.165, 1.54) is 6.92 Å². The number of rotatable bonds is 3. The maximum absolute atomic E-state index is 10.7. The Bertz CT molecular complexity index is 262. The first-order chi connectivity index (χ1) is 6.08. The Hall–Kier alpha value is -1.26. The van der Waals surface area contributed by atoms with Crippen molar-refractivity contribution in [3.63, 3.8) is 0 Å². The van der Waals surface area contributed by atoms with Crippen molar-refractivity contribution in [3.8, 4) is 0 Å². The van der Waals surface area contributed by atoms with Crippen LogP contribution < -0.4 is 0 Å². The van der Waals surface area contributed by atoms with Crippen molar-refractivity contribution in [1.29, 1.82) is 0 Å². The van der Waals surface area contributed by atoms with E-state index in [1.807, 2.05) is 0 Å². The highest BCUT2D eigenvalue weighted by Gasteiger charge is 2.42. The minimum atomic E-state index is -1.10. The number of hydrogen-bond donors (Lipinski definition) is 1. The van der Waals surface area contributed by atoms with Crippen LogP contribution >= 0.6 is 0 Å². The normalized spacial score (nSPS) is 32.5. The number of carboxylic acid groups (broad SMARTS) is 1. The van der Waals surface area contributed by atoms with Crippen LogP contribution in [0.5, 0.6) is 0 Å². The van der Waals surface area contributed by atoms with Crippen LogP contribution in [0.15, 0.2) is 5.11 Å². The SMILES string of the molecule is CC1(C(=O)O)CC(CN=[N+]=[N-])CO1. The van der Waals surface area contributed by atoms with Gasteiger partial charge in [0.1, 0.15) is 0 Å². The summed E-state index contributed by atoms with van der Waals surface area (Å²) in [6, 6.07) is 0. The molecule has 0 bridgehead atoms. The van der Waals surface area contributed by atoms with E-state index < -0.39 is 11.6 Å². The summed E-state index contributed by atoms with van der Waals surface area (Å²) >= 11 is 0. The summed E-state index contributed by atoms with van der Waals surface area (Å²) in [5.74, 6) is -0.937. The Labute approximate surface area is 75.1 Å². The van der Waals surface area contributed by atoms with Crippen LogP contribution in [0.2, 0.25) is 0 Å². The molecule has 2 unspecified atom stereocenters. The van der Waals surface area contributed by atoms with Gasteiger partial charge in [-0.1, -0.05) is 5.11 Å². The van der Waals surface area contributed by atoms with Crippen LogP contribution in [0.25, 0.3) is 10.4 Å². The Balaban J connectivity index is 2.53. The lowest BCUT2D eigenvalue weighted by atomic mass is 9.96. The maximum Gasteiger partial charge on any atom is 0.335 e. The molecule has 72 valence electrons. The van der Waals surface area contributed by atoms with Gasteiger partial charge in [0, 0.05) is 11.5 Å². The Morgan fingerprint density at radius 2 is 2.62 bits per heavy atom. The van der Waals surface area contributed by atoms with Crippen molar-refractivity contribution >= 4 is 5.97 Å². The topological polar surface area (TPSA) is 95.3 Å². The molecular weight excluding hydrogens is 174 g/mol. The monoisotopic (exact) mass is 185 g/mol. The quantitative estimate of drug-likeness (QED) is 0.406. The second kappa shape index (κ2) is 3.64. The molecule has 1 saturated heterocycles. The van der Waals surface area contributed by atoms with Crippen LogP contribution in [0.1, 0.15) is 13.3 Å². The molecule has 0 radical (unpaired) electrons. The second-order valence-electron chi connectivity index (χ2n) is 3.33. The third kappa shape index (κ3) is 2.11. The van der Waals surface area contributed by atoms with Crippen LogP contribution in [0, 0.1) is 5.92 Å². The van der Waals surface area contributed by atoms with E-state index in [9.17, 15) is 4.79 Å². The van der Waals surface area contributed by atoms with Crippen LogP contribution in [0.4, 0.5) is 0 Å². The van der Waals surface area contributed by atoms with Crippen LogP contribution in [0.3, 0.4) is 0 Å². The molecule has 1 N–H and O–H groups in total. The van der Waals surface area contributed by atoms with Crippen molar-refractivity contribution in [1.82, 2.24) is 0 Å². The van der Waals surface area contributed by atoms with E-state index in [2.05, 4.69) is 10.0 Å². The van der Waals surface area contributed by atoms with Crippen molar-refractivity contribution in [2.45, 2.75) is 18.9 Å². The molecule has 0 aromatic rings. The fourth-order valence-corrected chi connectivity index (χ4v) is 1.39. The Kier molecular flexibility index (Phi) is 2.75. The second-order valence-corrected chi connectivity index (χ2v) is 3.33. The lowest BCUT2D eigenvalue weighted by Gasteiger charge is -2.16. The summed E-state index contributed by atoms with van der Waals surface area (Å²) in [5.41, 5.74) is 6.97. The van der Waals surface area contributed by atoms with Gasteiger partial charge in [-0.3, -0.25) is 0 Å². The average molecular weight is 185 g/mol. The van der Waals surface area contributed by atoms with Gasteiger partial charge in [-0.25, -0.2) is 4.79 Å². The zero-order valence-electron chi connectivity index (χ0n) is 7.30. The summed E-state index contributed by atoms with van der Waals surface area (Å²) in [4.78, 5) is 13.3. The third-order valence-electron chi connectivity index (χ3n) is 2.17. The van der Waals surface area contributed by atoms with Gasteiger partial charge in [0.2, 0.25) is 0 Å². The smallest absolute Gasteiger partial charge is 0.335 e. The van der Waals surface area contributed by atoms with Crippen molar-refractivity contribution in [2.75, 3.05) is 13.2 Å². The van der Waals surface area contributed by atoms with Crippen molar-refractivity contribution in [3.05, 3.63) is 10.4 Å².